The van der Waals surface area contributed by atoms with E-state index in [9.17, 15) is 14.0 Å². The Hall–Kier alpha value is -2.80. The average Bonchev–Trinajstić information content (AvgIpc) is 3.26. The summed E-state index contributed by atoms with van der Waals surface area (Å²) in [5.74, 6) is -0.130. The summed E-state index contributed by atoms with van der Waals surface area (Å²) in [7, 11) is 1.81. The van der Waals surface area contributed by atoms with Gasteiger partial charge in [0.1, 0.15) is 17.7 Å². The highest BCUT2D eigenvalue weighted by atomic mass is 32.1. The normalized spacial score (nSPS) is 12.0. The van der Waals surface area contributed by atoms with Crippen molar-refractivity contribution in [2.45, 2.75) is 25.8 Å². The van der Waals surface area contributed by atoms with Crippen LogP contribution in [0.2, 0.25) is 0 Å². The number of aryl methyl sites for hydroxylation is 2. The number of Topliss-reactive ketones (excluding diaryl/α,β-unsaturated/α-hetero) is 1. The van der Waals surface area contributed by atoms with Crippen molar-refractivity contribution in [2.75, 3.05) is 0 Å². The smallest absolute Gasteiger partial charge is 0.221 e. The largest absolute Gasteiger partial charge is 0.342 e. The number of halogens is 1. The Morgan fingerprint density at radius 3 is 2.70 bits per heavy atom. The SMILES string of the molecule is Cc1ccc(C(=O)CCC(=O)N[C@H](c2cccc(F)c2)c2nccn2C)s1. The maximum atomic E-state index is 13.7. The van der Waals surface area contributed by atoms with Gasteiger partial charge in [-0.25, -0.2) is 9.37 Å². The van der Waals surface area contributed by atoms with Gasteiger partial charge in [-0.2, -0.15) is 0 Å². The van der Waals surface area contributed by atoms with Gasteiger partial charge in [0.05, 0.1) is 4.88 Å². The van der Waals surface area contributed by atoms with E-state index in [1.54, 1.807) is 35.2 Å². The van der Waals surface area contributed by atoms with Crippen molar-refractivity contribution in [3.63, 3.8) is 0 Å². The van der Waals surface area contributed by atoms with Crippen LogP contribution in [0.1, 0.15) is 44.8 Å². The number of amides is 1. The highest BCUT2D eigenvalue weighted by Crippen LogP contribution is 2.22. The fourth-order valence-electron chi connectivity index (χ4n) is 2.81. The van der Waals surface area contributed by atoms with Crippen LogP contribution in [0.5, 0.6) is 0 Å². The van der Waals surface area contributed by atoms with Crippen LogP contribution >= 0.6 is 11.3 Å². The third kappa shape index (κ3) is 4.68. The summed E-state index contributed by atoms with van der Waals surface area (Å²) in [5.41, 5.74) is 0.595. The zero-order valence-electron chi connectivity index (χ0n) is 15.1. The number of hydrogen-bond acceptors (Lipinski definition) is 4. The van der Waals surface area contributed by atoms with E-state index in [0.717, 1.165) is 4.88 Å². The van der Waals surface area contributed by atoms with E-state index in [1.165, 1.54) is 23.5 Å². The molecule has 5 nitrogen and oxygen atoms in total. The van der Waals surface area contributed by atoms with E-state index in [-0.39, 0.29) is 30.3 Å². The summed E-state index contributed by atoms with van der Waals surface area (Å²) in [4.78, 5) is 30.7. The van der Waals surface area contributed by atoms with Gasteiger partial charge in [-0.15, -0.1) is 11.3 Å². The maximum Gasteiger partial charge on any atom is 0.221 e. The summed E-state index contributed by atoms with van der Waals surface area (Å²) in [6.45, 7) is 1.94. The molecule has 0 spiro atoms. The van der Waals surface area contributed by atoms with Gasteiger partial charge in [0.2, 0.25) is 5.91 Å². The number of ketones is 1. The van der Waals surface area contributed by atoms with Crippen LogP contribution in [-0.2, 0) is 11.8 Å². The zero-order chi connectivity index (χ0) is 19.4. The lowest BCUT2D eigenvalue weighted by molar-refractivity contribution is -0.121. The summed E-state index contributed by atoms with van der Waals surface area (Å²) >= 11 is 1.42. The second-order valence-electron chi connectivity index (χ2n) is 6.29. The van der Waals surface area contributed by atoms with E-state index in [1.807, 2.05) is 20.0 Å². The molecule has 1 N–H and O–H groups in total. The van der Waals surface area contributed by atoms with Crippen LogP contribution in [0.4, 0.5) is 4.39 Å². The van der Waals surface area contributed by atoms with E-state index < -0.39 is 6.04 Å². The molecular formula is C20H20FN3O2S. The van der Waals surface area contributed by atoms with Crippen molar-refractivity contribution in [1.29, 1.82) is 0 Å². The first kappa shape index (κ1) is 19.0. The zero-order valence-corrected chi connectivity index (χ0v) is 15.9. The van der Waals surface area contributed by atoms with Gasteiger partial charge >= 0.3 is 0 Å². The van der Waals surface area contributed by atoms with Crippen molar-refractivity contribution in [1.82, 2.24) is 14.9 Å². The van der Waals surface area contributed by atoms with Gasteiger partial charge in [0.25, 0.3) is 0 Å². The molecule has 1 atom stereocenters. The number of carbonyl (C=O) groups excluding carboxylic acids is 2. The molecule has 0 unspecified atom stereocenters. The number of imidazole rings is 1. The van der Waals surface area contributed by atoms with Gasteiger partial charge in [-0.05, 0) is 36.8 Å². The molecule has 0 aliphatic rings. The van der Waals surface area contributed by atoms with Gasteiger partial charge in [0.15, 0.2) is 5.78 Å². The van der Waals surface area contributed by atoms with Crippen molar-refractivity contribution in [3.8, 4) is 0 Å². The lowest BCUT2D eigenvalue weighted by Crippen LogP contribution is -2.31. The predicted molar refractivity (Wildman–Crippen MR) is 102 cm³/mol. The molecule has 0 bridgehead atoms. The first-order valence-corrected chi connectivity index (χ1v) is 9.37. The predicted octanol–water partition coefficient (Wildman–Crippen LogP) is 3.80. The number of thiophene rings is 1. The average molecular weight is 385 g/mol. The summed E-state index contributed by atoms with van der Waals surface area (Å²) < 4.78 is 15.4. The Labute approximate surface area is 160 Å². The van der Waals surface area contributed by atoms with E-state index in [4.69, 9.17) is 0 Å². The molecule has 1 aromatic carbocycles. The number of nitrogens with one attached hydrogen (secondary N) is 1. The van der Waals surface area contributed by atoms with Crippen molar-refractivity contribution in [2.24, 2.45) is 7.05 Å². The number of aromatic nitrogens is 2. The molecule has 0 fully saturated rings. The molecule has 0 saturated carbocycles. The first-order valence-electron chi connectivity index (χ1n) is 8.55. The number of carbonyl (C=O) groups is 2. The van der Waals surface area contributed by atoms with Crippen LogP contribution in [0.3, 0.4) is 0 Å². The molecule has 0 aliphatic carbocycles. The summed E-state index contributed by atoms with van der Waals surface area (Å²) in [6.07, 6.45) is 3.57. The van der Waals surface area contributed by atoms with E-state index in [2.05, 4.69) is 10.3 Å². The van der Waals surface area contributed by atoms with Crippen molar-refractivity contribution < 1.29 is 14.0 Å². The third-order valence-electron chi connectivity index (χ3n) is 4.20. The van der Waals surface area contributed by atoms with Gasteiger partial charge in [0, 0.05) is 37.2 Å². The van der Waals surface area contributed by atoms with Crippen LogP contribution in [0.25, 0.3) is 0 Å². The Balaban J connectivity index is 1.71. The maximum absolute atomic E-state index is 13.7. The van der Waals surface area contributed by atoms with Crippen molar-refractivity contribution in [3.05, 3.63) is 75.8 Å². The Morgan fingerprint density at radius 2 is 2.07 bits per heavy atom. The third-order valence-corrected chi connectivity index (χ3v) is 5.24. The molecule has 1 amide bonds. The number of rotatable bonds is 7. The van der Waals surface area contributed by atoms with E-state index >= 15 is 0 Å². The lowest BCUT2D eigenvalue weighted by Gasteiger charge is -2.19. The second-order valence-corrected chi connectivity index (χ2v) is 7.57. The quantitative estimate of drug-likeness (QED) is 0.629. The number of hydrogen-bond donors (Lipinski definition) is 1. The van der Waals surface area contributed by atoms with Crippen LogP contribution in [0.15, 0.2) is 48.8 Å². The Kier molecular flexibility index (Phi) is 5.81. The van der Waals surface area contributed by atoms with E-state index in [0.29, 0.717) is 16.3 Å². The minimum Gasteiger partial charge on any atom is -0.342 e. The highest BCUT2D eigenvalue weighted by molar-refractivity contribution is 7.14. The molecule has 0 aliphatic heterocycles. The summed E-state index contributed by atoms with van der Waals surface area (Å²) in [5, 5.41) is 2.88. The molecule has 7 heteroatoms. The monoisotopic (exact) mass is 385 g/mol. The standard InChI is InChI=1S/C20H20FN3O2S/c1-13-6-8-17(27-13)16(25)7-9-18(26)23-19(20-22-10-11-24(20)2)14-4-3-5-15(21)12-14/h3-6,8,10-12,19H,7,9H2,1-2H3,(H,23,26)/t19-/m1/s1. The Bertz CT molecular complexity index is 964. The minimum atomic E-state index is -0.590. The molecule has 140 valence electrons. The van der Waals surface area contributed by atoms with Gasteiger partial charge in [-0.1, -0.05) is 12.1 Å². The van der Waals surface area contributed by atoms with Crippen molar-refractivity contribution >= 4 is 23.0 Å². The molecule has 3 aromatic rings. The second kappa shape index (κ2) is 8.26. The number of benzene rings is 1. The van der Waals surface area contributed by atoms with Crippen LogP contribution in [0, 0.1) is 12.7 Å². The molecule has 2 heterocycles. The highest BCUT2D eigenvalue weighted by Gasteiger charge is 2.21. The first-order chi connectivity index (χ1) is 12.9. The fraction of sp³-hybridized carbons (Fsp3) is 0.250. The molecule has 2 aromatic heterocycles. The molecule has 0 saturated heterocycles. The molecule has 3 rings (SSSR count). The molecule has 0 radical (unpaired) electrons. The van der Waals surface area contributed by atoms with Crippen LogP contribution < -0.4 is 5.32 Å². The number of nitrogens with zero attached hydrogens (tertiary/aromatic N) is 2. The molecule has 27 heavy (non-hydrogen) atoms. The molecular weight excluding hydrogens is 365 g/mol. The van der Waals surface area contributed by atoms with Gasteiger partial charge < -0.3 is 9.88 Å². The summed E-state index contributed by atoms with van der Waals surface area (Å²) in [6, 6.07) is 9.13. The Morgan fingerprint density at radius 1 is 1.26 bits per heavy atom. The fourth-order valence-corrected chi connectivity index (χ4v) is 3.64. The lowest BCUT2D eigenvalue weighted by atomic mass is 10.1. The topological polar surface area (TPSA) is 64.0 Å². The van der Waals surface area contributed by atoms with Gasteiger partial charge in [-0.3, -0.25) is 9.59 Å². The minimum absolute atomic E-state index is 0.0532. The van der Waals surface area contributed by atoms with Crippen LogP contribution in [-0.4, -0.2) is 21.2 Å².